The average molecular weight is 312 g/mol. The maximum Gasteiger partial charge on any atom is 0.227 e. The number of benzene rings is 2. The van der Waals surface area contributed by atoms with Gasteiger partial charge in [0.2, 0.25) is 5.89 Å². The number of nitrogens with zero attached hydrogens (tertiary/aromatic N) is 1. The van der Waals surface area contributed by atoms with Crippen molar-refractivity contribution in [3.8, 4) is 11.5 Å². The van der Waals surface area contributed by atoms with Gasteiger partial charge in [0, 0.05) is 11.6 Å². The minimum Gasteiger partial charge on any atom is -0.436 e. The normalized spacial score (nSPS) is 12.6. The Bertz CT molecular complexity index is 703. The fraction of sp³-hybridized carbons (Fsp3) is 0.278. The van der Waals surface area contributed by atoms with E-state index < -0.39 is 0 Å². The zero-order valence-electron chi connectivity index (χ0n) is 12.6. The molecule has 0 aliphatic rings. The first-order chi connectivity index (χ1) is 10.8. The Balaban J connectivity index is 1.84. The number of rotatable bonds is 6. The number of nitrogens with one attached hydrogen (secondary N) is 1. The van der Waals surface area contributed by atoms with Crippen molar-refractivity contribution in [2.45, 2.75) is 32.2 Å². The second kappa shape index (κ2) is 6.99. The zero-order chi connectivity index (χ0) is 15.4. The van der Waals surface area contributed by atoms with E-state index in [1.165, 1.54) is 18.4 Å². The Kier molecular flexibility index (Phi) is 4.80. The summed E-state index contributed by atoms with van der Waals surface area (Å²) in [5.74, 6) is 0.664. The van der Waals surface area contributed by atoms with Gasteiger partial charge in [0.15, 0.2) is 5.58 Å². The first kappa shape index (κ1) is 15.1. The van der Waals surface area contributed by atoms with Gasteiger partial charge in [-0.05, 0) is 36.2 Å². The third-order valence-electron chi connectivity index (χ3n) is 3.86. The van der Waals surface area contributed by atoms with Crippen molar-refractivity contribution in [1.82, 2.24) is 9.71 Å². The van der Waals surface area contributed by atoms with Gasteiger partial charge < -0.3 is 4.42 Å². The summed E-state index contributed by atoms with van der Waals surface area (Å²) < 4.78 is 8.89. The Morgan fingerprint density at radius 3 is 2.59 bits per heavy atom. The molecule has 0 amide bonds. The van der Waals surface area contributed by atoms with Crippen molar-refractivity contribution >= 4 is 23.9 Å². The third kappa shape index (κ3) is 3.18. The SMILES string of the molecule is CCCCC(NS)c1ccc(-c2nc3ccccc3o2)cc1. The van der Waals surface area contributed by atoms with Crippen LogP contribution in [0.15, 0.2) is 52.9 Å². The molecule has 1 aromatic heterocycles. The van der Waals surface area contributed by atoms with Crippen LogP contribution >= 0.6 is 12.8 Å². The first-order valence-electron chi connectivity index (χ1n) is 7.67. The molecule has 3 nitrogen and oxygen atoms in total. The van der Waals surface area contributed by atoms with Crippen LogP contribution in [-0.4, -0.2) is 4.98 Å². The highest BCUT2D eigenvalue weighted by Gasteiger charge is 2.11. The molecule has 1 heterocycles. The summed E-state index contributed by atoms with van der Waals surface area (Å²) in [6.07, 6.45) is 3.46. The number of aromatic nitrogens is 1. The summed E-state index contributed by atoms with van der Waals surface area (Å²) in [7, 11) is 0. The van der Waals surface area contributed by atoms with Crippen molar-refractivity contribution in [1.29, 1.82) is 0 Å². The van der Waals surface area contributed by atoms with Gasteiger partial charge in [0.25, 0.3) is 0 Å². The van der Waals surface area contributed by atoms with Crippen LogP contribution in [0, 0.1) is 0 Å². The Hall–Kier alpha value is -1.78. The highest BCUT2D eigenvalue weighted by atomic mass is 32.1. The van der Waals surface area contributed by atoms with Crippen LogP contribution in [0.1, 0.15) is 37.8 Å². The van der Waals surface area contributed by atoms with Crippen LogP contribution in [0.4, 0.5) is 0 Å². The van der Waals surface area contributed by atoms with E-state index in [0.29, 0.717) is 5.89 Å². The van der Waals surface area contributed by atoms with Gasteiger partial charge in [-0.1, -0.05) is 56.8 Å². The lowest BCUT2D eigenvalue weighted by Crippen LogP contribution is -2.11. The predicted molar refractivity (Wildman–Crippen MR) is 93.8 cm³/mol. The van der Waals surface area contributed by atoms with Crippen LogP contribution in [0.25, 0.3) is 22.6 Å². The smallest absolute Gasteiger partial charge is 0.227 e. The summed E-state index contributed by atoms with van der Waals surface area (Å²) >= 11 is 4.25. The predicted octanol–water partition coefficient (Wildman–Crippen LogP) is 5.16. The van der Waals surface area contributed by atoms with Crippen molar-refractivity contribution in [3.63, 3.8) is 0 Å². The average Bonchev–Trinajstić information content (AvgIpc) is 3.00. The molecular weight excluding hydrogens is 292 g/mol. The summed E-state index contributed by atoms with van der Waals surface area (Å²) in [6.45, 7) is 2.20. The zero-order valence-corrected chi connectivity index (χ0v) is 13.5. The molecule has 114 valence electrons. The maximum absolute atomic E-state index is 5.80. The van der Waals surface area contributed by atoms with Crippen LogP contribution in [0.3, 0.4) is 0 Å². The molecule has 0 aliphatic heterocycles. The number of para-hydroxylation sites is 2. The second-order valence-corrected chi connectivity index (χ2v) is 5.69. The van der Waals surface area contributed by atoms with Crippen LogP contribution < -0.4 is 4.72 Å². The van der Waals surface area contributed by atoms with Gasteiger partial charge in [-0.3, -0.25) is 4.72 Å². The largest absolute Gasteiger partial charge is 0.436 e. The van der Waals surface area contributed by atoms with E-state index in [-0.39, 0.29) is 6.04 Å². The fourth-order valence-corrected chi connectivity index (χ4v) is 2.85. The standard InChI is InChI=1S/C18H20N2OS/c1-2-3-6-15(20-22)13-9-11-14(12-10-13)18-19-16-7-4-5-8-17(16)21-18/h4-5,7-12,15,20,22H,2-3,6H2,1H3. The molecular formula is C18H20N2OS. The highest BCUT2D eigenvalue weighted by Crippen LogP contribution is 2.26. The van der Waals surface area contributed by atoms with Gasteiger partial charge in [0.05, 0.1) is 0 Å². The Morgan fingerprint density at radius 1 is 1.14 bits per heavy atom. The monoisotopic (exact) mass is 312 g/mol. The van der Waals surface area contributed by atoms with Crippen molar-refractivity contribution in [2.24, 2.45) is 0 Å². The number of hydrogen-bond acceptors (Lipinski definition) is 4. The third-order valence-corrected chi connectivity index (χ3v) is 4.17. The molecule has 3 rings (SSSR count). The van der Waals surface area contributed by atoms with E-state index in [1.807, 2.05) is 24.3 Å². The highest BCUT2D eigenvalue weighted by molar-refractivity contribution is 7.78. The summed E-state index contributed by atoms with van der Waals surface area (Å²) in [5, 5.41) is 0. The summed E-state index contributed by atoms with van der Waals surface area (Å²) in [6, 6.07) is 16.5. The van der Waals surface area contributed by atoms with E-state index >= 15 is 0 Å². The van der Waals surface area contributed by atoms with Gasteiger partial charge >= 0.3 is 0 Å². The van der Waals surface area contributed by atoms with Crippen LogP contribution in [0.2, 0.25) is 0 Å². The number of thiol groups is 1. The van der Waals surface area contributed by atoms with E-state index in [9.17, 15) is 0 Å². The second-order valence-electron chi connectivity index (χ2n) is 5.43. The van der Waals surface area contributed by atoms with Crippen LogP contribution in [0.5, 0.6) is 0 Å². The van der Waals surface area contributed by atoms with Gasteiger partial charge in [-0.15, -0.1) is 0 Å². The lowest BCUT2D eigenvalue weighted by molar-refractivity contribution is 0.576. The molecule has 2 aromatic carbocycles. The molecule has 0 saturated carbocycles. The topological polar surface area (TPSA) is 38.1 Å². The van der Waals surface area contributed by atoms with Crippen molar-refractivity contribution < 1.29 is 4.42 Å². The number of unbranched alkanes of at least 4 members (excludes halogenated alkanes) is 1. The van der Waals surface area contributed by atoms with Gasteiger partial charge in [-0.2, -0.15) is 0 Å². The maximum atomic E-state index is 5.80. The van der Waals surface area contributed by atoms with Gasteiger partial charge in [0.1, 0.15) is 5.52 Å². The van der Waals surface area contributed by atoms with Crippen molar-refractivity contribution in [2.75, 3.05) is 0 Å². The lowest BCUT2D eigenvalue weighted by atomic mass is 10.0. The molecule has 1 unspecified atom stereocenters. The molecule has 1 atom stereocenters. The fourth-order valence-electron chi connectivity index (χ4n) is 2.57. The first-order valence-corrected chi connectivity index (χ1v) is 8.12. The van der Waals surface area contributed by atoms with Crippen molar-refractivity contribution in [3.05, 3.63) is 54.1 Å². The minimum atomic E-state index is 0.279. The number of fused-ring (bicyclic) bond motifs is 1. The summed E-state index contributed by atoms with van der Waals surface area (Å²) in [4.78, 5) is 4.53. The van der Waals surface area contributed by atoms with E-state index in [4.69, 9.17) is 4.42 Å². The molecule has 22 heavy (non-hydrogen) atoms. The van der Waals surface area contributed by atoms with E-state index in [0.717, 1.165) is 23.1 Å². The molecule has 4 heteroatoms. The Labute approximate surface area is 136 Å². The molecule has 0 radical (unpaired) electrons. The summed E-state index contributed by atoms with van der Waals surface area (Å²) in [5.41, 5.74) is 3.94. The molecule has 3 aromatic rings. The van der Waals surface area contributed by atoms with Gasteiger partial charge in [-0.25, -0.2) is 4.98 Å². The number of hydrogen-bond donors (Lipinski definition) is 2. The Morgan fingerprint density at radius 2 is 1.91 bits per heavy atom. The lowest BCUT2D eigenvalue weighted by Gasteiger charge is -2.15. The molecule has 1 N–H and O–H groups in total. The number of oxazole rings is 1. The minimum absolute atomic E-state index is 0.279. The molecule has 0 aliphatic carbocycles. The molecule has 0 bridgehead atoms. The van der Waals surface area contributed by atoms with E-state index in [1.54, 1.807) is 0 Å². The van der Waals surface area contributed by atoms with Crippen LogP contribution in [-0.2, 0) is 0 Å². The molecule has 0 spiro atoms. The quantitative estimate of drug-likeness (QED) is 0.617. The van der Waals surface area contributed by atoms with E-state index in [2.05, 4.69) is 53.7 Å². The molecule has 0 saturated heterocycles. The molecule has 0 fully saturated rings.